The van der Waals surface area contributed by atoms with E-state index in [9.17, 15) is 24.2 Å². The monoisotopic (exact) mass is 732 g/mol. The van der Waals surface area contributed by atoms with Gasteiger partial charge in [0.25, 0.3) is 0 Å². The number of hydrogen-bond donors (Lipinski definition) is 3. The van der Waals surface area contributed by atoms with Crippen molar-refractivity contribution in [3.63, 3.8) is 0 Å². The lowest BCUT2D eigenvalue weighted by molar-refractivity contribution is -0.161. The highest BCUT2D eigenvalue weighted by atomic mass is 31.2. The van der Waals surface area contributed by atoms with Crippen LogP contribution in [0, 0.1) is 0 Å². The number of unbranched alkanes of at least 4 members (excludes halogenated alkanes) is 19. The molecule has 3 unspecified atom stereocenters. The van der Waals surface area contributed by atoms with Gasteiger partial charge in [0.2, 0.25) is 0 Å². The number of aliphatic hydroxyl groups is 2. The van der Waals surface area contributed by atoms with E-state index in [1.54, 1.807) is 0 Å². The number of hydrogen-bond acceptors (Lipinski definition) is 9. The molecular weight excluding hydrogens is 659 g/mol. The molecule has 10 nitrogen and oxygen atoms in total. The van der Waals surface area contributed by atoms with Crippen molar-refractivity contribution in [2.24, 2.45) is 0 Å². The fraction of sp³-hybridized carbons (Fsp3) is 0.846. The van der Waals surface area contributed by atoms with E-state index in [2.05, 4.69) is 42.7 Å². The van der Waals surface area contributed by atoms with Gasteiger partial charge in [0.1, 0.15) is 12.7 Å². The summed E-state index contributed by atoms with van der Waals surface area (Å²) in [5.74, 6) is -0.945. The van der Waals surface area contributed by atoms with Gasteiger partial charge in [0.15, 0.2) is 6.10 Å². The summed E-state index contributed by atoms with van der Waals surface area (Å²) in [6, 6.07) is 0. The molecule has 0 aliphatic heterocycles. The Labute approximate surface area is 304 Å². The van der Waals surface area contributed by atoms with Gasteiger partial charge in [-0.1, -0.05) is 141 Å². The van der Waals surface area contributed by atoms with Crippen LogP contribution in [0.2, 0.25) is 0 Å². The fourth-order valence-corrected chi connectivity index (χ4v) is 6.05. The maximum absolute atomic E-state index is 12.5. The summed E-state index contributed by atoms with van der Waals surface area (Å²) >= 11 is 0. The van der Waals surface area contributed by atoms with E-state index in [0.29, 0.717) is 12.8 Å². The minimum atomic E-state index is -4.60. The molecule has 0 aromatic rings. The molecule has 0 bridgehead atoms. The Hall–Kier alpha value is -1.55. The van der Waals surface area contributed by atoms with Crippen molar-refractivity contribution in [3.05, 3.63) is 24.3 Å². The molecule has 0 aromatic heterocycles. The predicted octanol–water partition coefficient (Wildman–Crippen LogP) is 9.83. The average Bonchev–Trinajstić information content (AvgIpc) is 3.10. The second kappa shape index (κ2) is 35.8. The van der Waals surface area contributed by atoms with Crippen LogP contribution in [-0.4, -0.2) is 65.7 Å². The molecule has 0 aliphatic carbocycles. The Morgan fingerprint density at radius 1 is 0.600 bits per heavy atom. The number of aliphatic hydroxyl groups excluding tert-OH is 2. The van der Waals surface area contributed by atoms with E-state index < -0.39 is 51.8 Å². The van der Waals surface area contributed by atoms with Gasteiger partial charge in [-0.15, -0.1) is 0 Å². The highest BCUT2D eigenvalue weighted by molar-refractivity contribution is 7.47. The minimum Gasteiger partial charge on any atom is -0.462 e. The number of carbonyl (C=O) groups excluding carboxylic acids is 2. The van der Waals surface area contributed by atoms with Crippen molar-refractivity contribution >= 4 is 19.8 Å². The van der Waals surface area contributed by atoms with E-state index >= 15 is 0 Å². The lowest BCUT2D eigenvalue weighted by Gasteiger charge is -2.20. The third kappa shape index (κ3) is 34.9. The summed E-state index contributed by atoms with van der Waals surface area (Å²) in [7, 11) is -4.60. The number of phosphoric ester groups is 1. The van der Waals surface area contributed by atoms with Crippen molar-refractivity contribution < 1.29 is 47.8 Å². The van der Waals surface area contributed by atoms with E-state index in [1.807, 2.05) is 0 Å². The Bertz CT molecular complexity index is 894. The molecule has 0 rings (SSSR count). The van der Waals surface area contributed by atoms with Gasteiger partial charge in [-0.2, -0.15) is 0 Å². The maximum atomic E-state index is 12.5. The lowest BCUT2D eigenvalue weighted by Crippen LogP contribution is -2.29. The van der Waals surface area contributed by atoms with Gasteiger partial charge >= 0.3 is 19.8 Å². The van der Waals surface area contributed by atoms with Crippen LogP contribution in [0.3, 0.4) is 0 Å². The molecule has 0 heterocycles. The molecular formula is C39H73O10P. The van der Waals surface area contributed by atoms with Crippen molar-refractivity contribution in [3.8, 4) is 0 Å². The molecule has 0 aromatic carbocycles. The zero-order valence-electron chi connectivity index (χ0n) is 31.6. The third-order valence-electron chi connectivity index (χ3n) is 8.36. The largest absolute Gasteiger partial charge is 0.472 e. The number of rotatable bonds is 37. The van der Waals surface area contributed by atoms with Gasteiger partial charge < -0.3 is 24.6 Å². The Morgan fingerprint density at radius 3 is 1.56 bits per heavy atom. The minimum absolute atomic E-state index is 0.183. The van der Waals surface area contributed by atoms with Crippen LogP contribution >= 0.6 is 7.82 Å². The summed E-state index contributed by atoms with van der Waals surface area (Å²) in [4.78, 5) is 34.4. The zero-order valence-corrected chi connectivity index (χ0v) is 32.5. The molecule has 0 radical (unpaired) electrons. The van der Waals surface area contributed by atoms with Crippen LogP contribution in [0.4, 0.5) is 0 Å². The van der Waals surface area contributed by atoms with Crippen molar-refractivity contribution in [1.82, 2.24) is 0 Å². The van der Waals surface area contributed by atoms with Crippen LogP contribution in [-0.2, 0) is 32.7 Å². The molecule has 0 saturated heterocycles. The fourth-order valence-electron chi connectivity index (χ4n) is 5.26. The average molecular weight is 733 g/mol. The standard InChI is InChI=1S/C39H73O10P/c1-3-5-7-9-10-11-12-13-14-15-16-17-18-19-20-21-22-23-24-25-26-27-29-31-39(43)49-37(34-46-38(42)30-28-8-6-4-2)35-48-50(44,45)47-33-36(41)32-40/h12-13,15-16,36-37,40-41H,3-11,14,17-35H2,1-2H3,(H,44,45)/b13-12-,16-15-. The van der Waals surface area contributed by atoms with Gasteiger partial charge in [0.05, 0.1) is 19.8 Å². The van der Waals surface area contributed by atoms with E-state index in [1.165, 1.54) is 89.9 Å². The van der Waals surface area contributed by atoms with E-state index in [-0.39, 0.29) is 19.4 Å². The topological polar surface area (TPSA) is 149 Å². The first-order chi connectivity index (χ1) is 24.2. The first kappa shape index (κ1) is 48.5. The van der Waals surface area contributed by atoms with E-state index in [0.717, 1.165) is 44.9 Å². The lowest BCUT2D eigenvalue weighted by atomic mass is 10.0. The first-order valence-corrected chi connectivity index (χ1v) is 21.3. The Kier molecular flexibility index (Phi) is 34.7. The van der Waals surface area contributed by atoms with Crippen molar-refractivity contribution in [2.75, 3.05) is 26.4 Å². The predicted molar refractivity (Wildman–Crippen MR) is 201 cm³/mol. The SMILES string of the molecule is CCCCCCC/C=C\C/C=C\CCCCCCCCCCCCCC(=O)OC(COC(=O)CCCCCC)COP(=O)(O)OCC(O)CO. The molecule has 3 N–H and O–H groups in total. The summed E-state index contributed by atoms with van der Waals surface area (Å²) in [6.07, 6.45) is 33.7. The molecule has 294 valence electrons. The number of esters is 2. The van der Waals surface area contributed by atoms with Crippen LogP contribution in [0.5, 0.6) is 0 Å². The number of allylic oxidation sites excluding steroid dienone is 4. The second-order valence-corrected chi connectivity index (χ2v) is 14.8. The van der Waals surface area contributed by atoms with Crippen molar-refractivity contribution in [2.45, 2.75) is 187 Å². The van der Waals surface area contributed by atoms with Crippen LogP contribution in [0.1, 0.15) is 174 Å². The summed E-state index contributed by atoms with van der Waals surface area (Å²) < 4.78 is 32.3. The number of phosphoric acid groups is 1. The smallest absolute Gasteiger partial charge is 0.462 e. The highest BCUT2D eigenvalue weighted by Crippen LogP contribution is 2.43. The van der Waals surface area contributed by atoms with Crippen LogP contribution in [0.25, 0.3) is 0 Å². The maximum Gasteiger partial charge on any atom is 0.472 e. The van der Waals surface area contributed by atoms with Gasteiger partial charge in [-0.05, 0) is 44.9 Å². The number of carbonyl (C=O) groups is 2. The van der Waals surface area contributed by atoms with Gasteiger partial charge in [-0.25, -0.2) is 4.57 Å². The quantitative estimate of drug-likeness (QED) is 0.0244. The van der Waals surface area contributed by atoms with Crippen LogP contribution < -0.4 is 0 Å². The zero-order chi connectivity index (χ0) is 37.0. The summed E-state index contributed by atoms with van der Waals surface area (Å²) in [6.45, 7) is 2.22. The highest BCUT2D eigenvalue weighted by Gasteiger charge is 2.27. The molecule has 0 aliphatic rings. The Morgan fingerprint density at radius 2 is 1.04 bits per heavy atom. The van der Waals surface area contributed by atoms with Gasteiger partial charge in [0, 0.05) is 12.8 Å². The van der Waals surface area contributed by atoms with Crippen LogP contribution in [0.15, 0.2) is 24.3 Å². The molecule has 50 heavy (non-hydrogen) atoms. The molecule has 3 atom stereocenters. The second-order valence-electron chi connectivity index (χ2n) is 13.3. The Balaban J connectivity index is 4.04. The van der Waals surface area contributed by atoms with Crippen molar-refractivity contribution in [1.29, 1.82) is 0 Å². The molecule has 0 saturated carbocycles. The summed E-state index contributed by atoms with van der Waals surface area (Å²) in [5.41, 5.74) is 0. The van der Waals surface area contributed by atoms with Gasteiger partial charge in [-0.3, -0.25) is 18.6 Å². The summed E-state index contributed by atoms with van der Waals surface area (Å²) in [5, 5.41) is 18.2. The van der Waals surface area contributed by atoms with E-state index in [4.69, 9.17) is 19.1 Å². The molecule has 11 heteroatoms. The first-order valence-electron chi connectivity index (χ1n) is 19.8. The number of ether oxygens (including phenoxy) is 2. The molecule has 0 fully saturated rings. The normalized spacial score (nSPS) is 14.3. The molecule has 0 amide bonds. The third-order valence-corrected chi connectivity index (χ3v) is 9.31. The molecule has 0 spiro atoms.